The molecule has 0 saturated carbocycles. The molecule has 0 aromatic carbocycles. The number of amides is 1. The standard InChI is InChI=1S/C19H32N2O2/c1-7-9-11-16(10-8-2)17(22)21-18(3,4)13-15-23-19(5,6)12-14-20/h8,10-11H,12-15,20H2,1-6H3,(H,21,22)/b10-8+,16-11+. The number of hydrogen-bond donors (Lipinski definition) is 2. The maximum Gasteiger partial charge on any atom is 0.252 e. The summed E-state index contributed by atoms with van der Waals surface area (Å²) in [6, 6.07) is 0. The number of nitrogens with two attached hydrogens (primary N) is 1. The summed E-state index contributed by atoms with van der Waals surface area (Å²) in [4.78, 5) is 12.4. The zero-order valence-corrected chi connectivity index (χ0v) is 15.5. The Balaban J connectivity index is 4.65. The van der Waals surface area contributed by atoms with Crippen LogP contribution in [0.1, 0.15) is 54.4 Å². The van der Waals surface area contributed by atoms with Crippen LogP contribution in [-0.4, -0.2) is 30.2 Å². The summed E-state index contributed by atoms with van der Waals surface area (Å²) < 4.78 is 5.88. The van der Waals surface area contributed by atoms with E-state index in [0.29, 0.717) is 18.7 Å². The fourth-order valence-corrected chi connectivity index (χ4v) is 1.96. The van der Waals surface area contributed by atoms with Gasteiger partial charge in [0.1, 0.15) is 0 Å². The van der Waals surface area contributed by atoms with Crippen molar-refractivity contribution in [2.24, 2.45) is 5.73 Å². The van der Waals surface area contributed by atoms with E-state index in [1.54, 1.807) is 19.1 Å². The molecule has 0 fully saturated rings. The van der Waals surface area contributed by atoms with E-state index in [1.807, 2.05) is 40.7 Å². The van der Waals surface area contributed by atoms with Crippen molar-refractivity contribution < 1.29 is 9.53 Å². The van der Waals surface area contributed by atoms with E-state index in [4.69, 9.17) is 10.5 Å². The third-order valence-electron chi connectivity index (χ3n) is 3.40. The molecule has 0 rings (SSSR count). The van der Waals surface area contributed by atoms with Gasteiger partial charge < -0.3 is 15.8 Å². The van der Waals surface area contributed by atoms with Crippen molar-refractivity contribution in [3.05, 3.63) is 23.8 Å². The Bertz CT molecular complexity index is 491. The van der Waals surface area contributed by atoms with Gasteiger partial charge in [-0.05, 0) is 60.9 Å². The molecule has 0 aromatic heterocycles. The second-order valence-electron chi connectivity index (χ2n) is 6.73. The van der Waals surface area contributed by atoms with Crippen LogP contribution in [0.5, 0.6) is 0 Å². The molecule has 130 valence electrons. The van der Waals surface area contributed by atoms with Crippen molar-refractivity contribution in [1.82, 2.24) is 5.32 Å². The van der Waals surface area contributed by atoms with Crippen molar-refractivity contribution in [2.45, 2.75) is 65.5 Å². The molecule has 1 amide bonds. The maximum absolute atomic E-state index is 12.4. The highest BCUT2D eigenvalue weighted by molar-refractivity contribution is 5.97. The zero-order valence-electron chi connectivity index (χ0n) is 15.5. The average molecular weight is 320 g/mol. The van der Waals surface area contributed by atoms with Gasteiger partial charge in [0, 0.05) is 23.8 Å². The quantitative estimate of drug-likeness (QED) is 0.390. The van der Waals surface area contributed by atoms with Gasteiger partial charge in [-0.3, -0.25) is 4.79 Å². The van der Waals surface area contributed by atoms with E-state index in [0.717, 1.165) is 12.8 Å². The van der Waals surface area contributed by atoms with Crippen LogP contribution >= 0.6 is 0 Å². The lowest BCUT2D eigenvalue weighted by molar-refractivity contribution is -0.119. The van der Waals surface area contributed by atoms with E-state index in [1.165, 1.54) is 0 Å². The van der Waals surface area contributed by atoms with Crippen molar-refractivity contribution in [2.75, 3.05) is 13.2 Å². The Labute approximate surface area is 141 Å². The van der Waals surface area contributed by atoms with Crippen molar-refractivity contribution in [3.8, 4) is 11.8 Å². The van der Waals surface area contributed by atoms with Crippen LogP contribution < -0.4 is 11.1 Å². The highest BCUT2D eigenvalue weighted by Crippen LogP contribution is 2.17. The summed E-state index contributed by atoms with van der Waals surface area (Å²) in [5.74, 6) is 5.46. The third-order valence-corrected chi connectivity index (χ3v) is 3.40. The molecule has 0 spiro atoms. The molecule has 3 N–H and O–H groups in total. The number of ether oxygens (including phenoxy) is 1. The van der Waals surface area contributed by atoms with E-state index in [9.17, 15) is 4.79 Å². The zero-order chi connectivity index (χ0) is 17.9. The molecule has 0 bridgehead atoms. The Morgan fingerprint density at radius 1 is 1.26 bits per heavy atom. The number of allylic oxidation sites excluding steroid dienone is 2. The average Bonchev–Trinajstić information content (AvgIpc) is 2.42. The van der Waals surface area contributed by atoms with Crippen LogP contribution in [0.15, 0.2) is 23.8 Å². The van der Waals surface area contributed by atoms with E-state index >= 15 is 0 Å². The minimum Gasteiger partial charge on any atom is -0.375 e. The summed E-state index contributed by atoms with van der Waals surface area (Å²) >= 11 is 0. The molecule has 0 aliphatic carbocycles. The smallest absolute Gasteiger partial charge is 0.252 e. The largest absolute Gasteiger partial charge is 0.375 e. The fraction of sp³-hybridized carbons (Fsp3) is 0.632. The van der Waals surface area contributed by atoms with Crippen molar-refractivity contribution in [1.29, 1.82) is 0 Å². The first kappa shape index (κ1) is 21.4. The van der Waals surface area contributed by atoms with Gasteiger partial charge >= 0.3 is 0 Å². The lowest BCUT2D eigenvalue weighted by Crippen LogP contribution is -2.45. The molecule has 0 heterocycles. The molecule has 0 aromatic rings. The number of nitrogens with one attached hydrogen (secondary N) is 1. The predicted molar refractivity (Wildman–Crippen MR) is 96.9 cm³/mol. The van der Waals surface area contributed by atoms with Crippen molar-refractivity contribution >= 4 is 5.91 Å². The van der Waals surface area contributed by atoms with E-state index < -0.39 is 0 Å². The van der Waals surface area contributed by atoms with Crippen LogP contribution in [0.2, 0.25) is 0 Å². The van der Waals surface area contributed by atoms with Crippen LogP contribution in [0.25, 0.3) is 0 Å². The molecule has 23 heavy (non-hydrogen) atoms. The molecule has 0 atom stereocenters. The topological polar surface area (TPSA) is 64.3 Å². The number of carbonyl (C=O) groups is 1. The van der Waals surface area contributed by atoms with Crippen molar-refractivity contribution in [3.63, 3.8) is 0 Å². The summed E-state index contributed by atoms with van der Waals surface area (Å²) in [5.41, 5.74) is 5.53. The van der Waals surface area contributed by atoms with Gasteiger partial charge in [0.25, 0.3) is 5.91 Å². The minimum absolute atomic E-state index is 0.128. The second kappa shape index (κ2) is 10.3. The molecule has 0 aliphatic heterocycles. The molecule has 0 unspecified atom stereocenters. The van der Waals surface area contributed by atoms with Gasteiger partial charge in [0.2, 0.25) is 0 Å². The van der Waals surface area contributed by atoms with Crippen LogP contribution in [0.4, 0.5) is 0 Å². The Hall–Kier alpha value is -1.57. The molecule has 0 aliphatic rings. The maximum atomic E-state index is 12.4. The number of carbonyl (C=O) groups excluding carboxylic acids is 1. The Morgan fingerprint density at radius 3 is 2.43 bits per heavy atom. The van der Waals surface area contributed by atoms with Gasteiger partial charge in [-0.1, -0.05) is 18.1 Å². The predicted octanol–water partition coefficient (Wildman–Crippen LogP) is 2.94. The Kier molecular flexibility index (Phi) is 9.55. The summed E-state index contributed by atoms with van der Waals surface area (Å²) in [7, 11) is 0. The number of rotatable bonds is 9. The first-order chi connectivity index (χ1) is 10.7. The third kappa shape index (κ3) is 9.93. The Morgan fingerprint density at radius 2 is 1.91 bits per heavy atom. The summed E-state index contributed by atoms with van der Waals surface area (Å²) in [6.45, 7) is 12.8. The first-order valence-corrected chi connectivity index (χ1v) is 8.09. The fourth-order valence-electron chi connectivity index (χ4n) is 1.96. The highest BCUT2D eigenvalue weighted by Gasteiger charge is 2.24. The van der Waals surface area contributed by atoms with E-state index in [2.05, 4.69) is 17.2 Å². The van der Waals surface area contributed by atoms with Gasteiger partial charge in [-0.2, -0.15) is 0 Å². The second-order valence-corrected chi connectivity index (χ2v) is 6.73. The highest BCUT2D eigenvalue weighted by atomic mass is 16.5. The molecule has 4 nitrogen and oxygen atoms in total. The van der Waals surface area contributed by atoms with Crippen LogP contribution in [0.3, 0.4) is 0 Å². The van der Waals surface area contributed by atoms with Gasteiger partial charge in [0.15, 0.2) is 0 Å². The first-order valence-electron chi connectivity index (χ1n) is 8.09. The molecule has 0 saturated heterocycles. The normalized spacial score (nSPS) is 12.9. The summed E-state index contributed by atoms with van der Waals surface area (Å²) in [5, 5.41) is 3.04. The van der Waals surface area contributed by atoms with Gasteiger partial charge in [-0.25, -0.2) is 0 Å². The molecule has 4 heteroatoms. The lowest BCUT2D eigenvalue weighted by atomic mass is 9.99. The number of hydrogen-bond acceptors (Lipinski definition) is 3. The summed E-state index contributed by atoms with van der Waals surface area (Å²) in [6.07, 6.45) is 6.75. The van der Waals surface area contributed by atoms with E-state index in [-0.39, 0.29) is 17.0 Å². The van der Waals surface area contributed by atoms with Gasteiger partial charge in [0.05, 0.1) is 5.60 Å². The molecular weight excluding hydrogens is 288 g/mol. The molecular formula is C19H32N2O2. The van der Waals surface area contributed by atoms with Crippen LogP contribution in [0, 0.1) is 11.8 Å². The van der Waals surface area contributed by atoms with Crippen LogP contribution in [-0.2, 0) is 9.53 Å². The van der Waals surface area contributed by atoms with Gasteiger partial charge in [-0.15, -0.1) is 5.92 Å². The lowest BCUT2D eigenvalue weighted by Gasteiger charge is -2.30. The monoisotopic (exact) mass is 320 g/mol. The SMILES string of the molecule is CC#C/C=C(\C=C\C)C(=O)NC(C)(C)CCOC(C)(C)CCN. The minimum atomic E-state index is -0.365. The molecule has 0 radical (unpaired) electrons.